The molecule has 6 heteroatoms. The van der Waals surface area contributed by atoms with E-state index in [1.165, 1.54) is 57.1 Å². The van der Waals surface area contributed by atoms with Gasteiger partial charge in [-0.2, -0.15) is 0 Å². The van der Waals surface area contributed by atoms with E-state index in [1.54, 1.807) is 0 Å². The van der Waals surface area contributed by atoms with Gasteiger partial charge in [0.15, 0.2) is 0 Å². The molecule has 3 fully saturated rings. The monoisotopic (exact) mass is 516 g/mol. The fourth-order valence-electron chi connectivity index (χ4n) is 6.73. The van der Waals surface area contributed by atoms with E-state index in [9.17, 15) is 4.79 Å². The van der Waals surface area contributed by atoms with Crippen LogP contribution in [0.3, 0.4) is 0 Å². The number of nitrogens with zero attached hydrogens (tertiary/aromatic N) is 3. The Hall–Kier alpha value is -2.86. The lowest BCUT2D eigenvalue weighted by Crippen LogP contribution is -2.50. The van der Waals surface area contributed by atoms with Crippen LogP contribution in [0, 0.1) is 17.8 Å². The molecular weight excluding hydrogens is 472 g/mol. The molecule has 2 aromatic carbocycles. The van der Waals surface area contributed by atoms with Crippen molar-refractivity contribution in [2.45, 2.75) is 64.2 Å². The predicted octanol–water partition coefficient (Wildman–Crippen LogP) is 7.19. The highest BCUT2D eigenvalue weighted by molar-refractivity contribution is 5.91. The molecule has 0 radical (unpaired) electrons. The Morgan fingerprint density at radius 3 is 2.08 bits per heavy atom. The first-order valence-corrected chi connectivity index (χ1v) is 14.9. The minimum atomic E-state index is -0.497. The molecule has 1 amide bonds. The summed E-state index contributed by atoms with van der Waals surface area (Å²) >= 11 is 0. The highest BCUT2D eigenvalue weighted by Gasteiger charge is 2.35. The predicted molar refractivity (Wildman–Crippen MR) is 156 cm³/mol. The smallest absolute Gasteiger partial charge is 0.369 e. The van der Waals surface area contributed by atoms with E-state index in [1.807, 2.05) is 30.3 Å². The van der Waals surface area contributed by atoms with E-state index < -0.39 is 6.09 Å². The van der Waals surface area contributed by atoms with E-state index in [0.717, 1.165) is 57.0 Å². The lowest BCUT2D eigenvalue weighted by Gasteiger charge is -2.41. The van der Waals surface area contributed by atoms with Crippen molar-refractivity contribution in [3.8, 4) is 0 Å². The van der Waals surface area contributed by atoms with Gasteiger partial charge in [-0.3, -0.25) is 15.1 Å². The molecule has 1 atom stereocenters. The average molecular weight is 517 g/mol. The average Bonchev–Trinajstić information content (AvgIpc) is 2.99. The van der Waals surface area contributed by atoms with Crippen LogP contribution in [-0.4, -0.2) is 49.4 Å². The van der Waals surface area contributed by atoms with Crippen molar-refractivity contribution >= 4 is 23.2 Å². The van der Waals surface area contributed by atoms with Crippen molar-refractivity contribution in [2.75, 3.05) is 42.9 Å². The molecule has 0 aromatic heterocycles. The van der Waals surface area contributed by atoms with Gasteiger partial charge < -0.3 is 4.90 Å². The summed E-state index contributed by atoms with van der Waals surface area (Å²) in [4.78, 5) is 23.5. The largest absolute Gasteiger partial charge is 0.437 e. The Morgan fingerprint density at radius 2 is 1.42 bits per heavy atom. The Bertz CT molecular complexity index is 1010. The molecule has 1 saturated heterocycles. The number of benzene rings is 2. The molecular formula is C32H44N4O2. The second kappa shape index (κ2) is 13.8. The van der Waals surface area contributed by atoms with Gasteiger partial charge in [0, 0.05) is 55.9 Å². The lowest BCUT2D eigenvalue weighted by atomic mass is 9.72. The van der Waals surface area contributed by atoms with Crippen LogP contribution in [0.15, 0.2) is 65.8 Å². The number of piperazine rings is 1. The molecule has 204 valence electrons. The molecule has 1 aliphatic heterocycles. The van der Waals surface area contributed by atoms with E-state index in [2.05, 4.69) is 45.4 Å². The third-order valence-corrected chi connectivity index (χ3v) is 8.82. The van der Waals surface area contributed by atoms with Gasteiger partial charge >= 0.3 is 6.09 Å². The molecule has 1 unspecified atom stereocenters. The van der Waals surface area contributed by atoms with E-state index >= 15 is 0 Å². The first-order chi connectivity index (χ1) is 18.8. The molecule has 5 rings (SSSR count). The van der Waals surface area contributed by atoms with Gasteiger partial charge in [0.1, 0.15) is 0 Å². The van der Waals surface area contributed by atoms with Crippen LogP contribution in [0.5, 0.6) is 0 Å². The van der Waals surface area contributed by atoms with Crippen molar-refractivity contribution in [1.82, 2.24) is 4.90 Å². The molecule has 1 heterocycles. The van der Waals surface area contributed by atoms with Crippen LogP contribution in [0.25, 0.3) is 0 Å². The van der Waals surface area contributed by atoms with Gasteiger partial charge in [0.25, 0.3) is 0 Å². The molecule has 2 aliphatic carbocycles. The van der Waals surface area contributed by atoms with Gasteiger partial charge in [-0.1, -0.05) is 80.1 Å². The Balaban J connectivity index is 1.31. The third kappa shape index (κ3) is 7.37. The highest BCUT2D eigenvalue weighted by atomic mass is 16.7. The standard InChI is InChI=1S/C32H44N4O2/c37-32(33-28-17-9-3-10-18-28)38-34-31(27-15-7-2-8-16-27)30(26-13-5-1-6-14-26)25-35-21-23-36(24-22-35)29-19-11-4-12-20-29/h3-4,9-12,17-20,26-27,30H,1-2,5-8,13-16,21-25H2,(H,33,37)/b34-31+. The van der Waals surface area contributed by atoms with Gasteiger partial charge in [-0.25, -0.2) is 4.79 Å². The van der Waals surface area contributed by atoms with Crippen molar-refractivity contribution in [1.29, 1.82) is 0 Å². The lowest BCUT2D eigenvalue weighted by molar-refractivity contribution is 0.157. The minimum Gasteiger partial charge on any atom is -0.369 e. The van der Waals surface area contributed by atoms with Gasteiger partial charge in [0.05, 0.1) is 5.71 Å². The minimum absolute atomic E-state index is 0.353. The van der Waals surface area contributed by atoms with E-state index in [-0.39, 0.29) is 0 Å². The summed E-state index contributed by atoms with van der Waals surface area (Å²) in [5, 5.41) is 7.55. The normalized spacial score (nSPS) is 21.2. The maximum absolute atomic E-state index is 12.7. The number of oxime groups is 1. The zero-order valence-electron chi connectivity index (χ0n) is 22.8. The Morgan fingerprint density at radius 1 is 0.816 bits per heavy atom. The number of para-hydroxylation sites is 2. The maximum atomic E-state index is 12.7. The van der Waals surface area contributed by atoms with Crippen LogP contribution in [-0.2, 0) is 4.84 Å². The summed E-state index contributed by atoms with van der Waals surface area (Å²) in [5.41, 5.74) is 3.20. The van der Waals surface area contributed by atoms with Crippen LogP contribution in [0.4, 0.5) is 16.2 Å². The summed E-state index contributed by atoms with van der Waals surface area (Å²) in [6.45, 7) is 5.24. The number of nitrogens with one attached hydrogen (secondary N) is 1. The topological polar surface area (TPSA) is 57.2 Å². The summed E-state index contributed by atoms with van der Waals surface area (Å²) in [6.07, 6.45) is 12.1. The number of amides is 1. The Labute approximate surface area is 228 Å². The van der Waals surface area contributed by atoms with Crippen molar-refractivity contribution in [3.05, 3.63) is 60.7 Å². The van der Waals surface area contributed by atoms with Crippen molar-refractivity contribution in [2.24, 2.45) is 22.9 Å². The van der Waals surface area contributed by atoms with E-state index in [0.29, 0.717) is 17.8 Å². The third-order valence-electron chi connectivity index (χ3n) is 8.82. The number of rotatable bonds is 8. The number of carbonyl (C=O) groups excluding carboxylic acids is 1. The maximum Gasteiger partial charge on any atom is 0.437 e. The zero-order chi connectivity index (χ0) is 26.0. The van der Waals surface area contributed by atoms with Crippen molar-refractivity contribution < 1.29 is 9.63 Å². The van der Waals surface area contributed by atoms with Crippen molar-refractivity contribution in [3.63, 3.8) is 0 Å². The number of anilines is 2. The quantitative estimate of drug-likeness (QED) is 0.229. The SMILES string of the molecule is O=C(Nc1ccccc1)O/N=C(\C1CCCCC1)C(CN1CCN(c2ccccc2)CC1)C1CCCCC1. The summed E-state index contributed by atoms with van der Waals surface area (Å²) < 4.78 is 0. The van der Waals surface area contributed by atoms with Gasteiger partial charge in [0.2, 0.25) is 0 Å². The molecule has 0 bridgehead atoms. The fraction of sp³-hybridized carbons (Fsp3) is 0.562. The number of hydrogen-bond donors (Lipinski definition) is 1. The van der Waals surface area contributed by atoms with Crippen LogP contribution < -0.4 is 10.2 Å². The second-order valence-electron chi connectivity index (χ2n) is 11.3. The molecule has 2 saturated carbocycles. The first kappa shape index (κ1) is 26.7. The van der Waals surface area contributed by atoms with E-state index in [4.69, 9.17) is 9.99 Å². The molecule has 38 heavy (non-hydrogen) atoms. The molecule has 1 N–H and O–H groups in total. The number of hydrogen-bond acceptors (Lipinski definition) is 5. The molecule has 0 spiro atoms. The van der Waals surface area contributed by atoms with Crippen LogP contribution in [0.1, 0.15) is 64.2 Å². The summed E-state index contributed by atoms with van der Waals surface area (Å²) in [6, 6.07) is 20.3. The van der Waals surface area contributed by atoms with Gasteiger partial charge in [-0.05, 0) is 55.9 Å². The molecule has 2 aromatic rings. The second-order valence-corrected chi connectivity index (χ2v) is 11.3. The summed E-state index contributed by atoms with van der Waals surface area (Å²) in [5.74, 6) is 1.40. The zero-order valence-corrected chi connectivity index (χ0v) is 22.8. The number of carbonyl (C=O) groups is 1. The molecule has 6 nitrogen and oxygen atoms in total. The highest BCUT2D eigenvalue weighted by Crippen LogP contribution is 2.37. The van der Waals surface area contributed by atoms with Crippen LogP contribution >= 0.6 is 0 Å². The Kier molecular flexibility index (Phi) is 9.70. The first-order valence-electron chi connectivity index (χ1n) is 14.9. The van der Waals surface area contributed by atoms with Crippen LogP contribution in [0.2, 0.25) is 0 Å². The van der Waals surface area contributed by atoms with Gasteiger partial charge in [-0.15, -0.1) is 0 Å². The molecule has 3 aliphatic rings. The summed E-state index contributed by atoms with van der Waals surface area (Å²) in [7, 11) is 0. The fourth-order valence-corrected chi connectivity index (χ4v) is 6.73.